The fraction of sp³-hybridized carbons (Fsp3) is 0.286. The van der Waals surface area contributed by atoms with E-state index in [0.717, 1.165) is 31.6 Å². The molecule has 138 valence electrons. The van der Waals surface area contributed by atoms with Gasteiger partial charge in [-0.25, -0.2) is 0 Å². The van der Waals surface area contributed by atoms with Gasteiger partial charge in [-0.05, 0) is 29.7 Å². The molecule has 1 atom stereocenters. The van der Waals surface area contributed by atoms with Crippen LogP contribution >= 0.6 is 0 Å². The molecule has 1 aliphatic rings. The summed E-state index contributed by atoms with van der Waals surface area (Å²) in [5.74, 6) is -0.156. The summed E-state index contributed by atoms with van der Waals surface area (Å²) in [4.78, 5) is 23.3. The first-order chi connectivity index (χ1) is 13.2. The number of amides is 1. The molecule has 0 spiro atoms. The van der Waals surface area contributed by atoms with Crippen molar-refractivity contribution in [3.8, 4) is 0 Å². The molecule has 1 saturated heterocycles. The fourth-order valence-electron chi connectivity index (χ4n) is 3.43. The van der Waals surface area contributed by atoms with Gasteiger partial charge >= 0.3 is 0 Å². The Hall–Kier alpha value is -2.83. The van der Waals surface area contributed by atoms with Crippen LogP contribution in [0, 0.1) is 0 Å². The third-order valence-corrected chi connectivity index (χ3v) is 4.87. The number of aliphatic hydroxyl groups is 1. The minimum absolute atomic E-state index is 0.156. The van der Waals surface area contributed by atoms with Gasteiger partial charge in [-0.15, -0.1) is 0 Å². The zero-order valence-electron chi connectivity index (χ0n) is 15.0. The number of carbonyl (C=O) groups excluding carboxylic acids is 1. The molecule has 6 nitrogen and oxygen atoms in total. The number of benzene rings is 2. The Morgan fingerprint density at radius 2 is 1.89 bits per heavy atom. The fourth-order valence-corrected chi connectivity index (χ4v) is 3.43. The van der Waals surface area contributed by atoms with Crippen LogP contribution in [-0.4, -0.2) is 45.1 Å². The summed E-state index contributed by atoms with van der Waals surface area (Å²) >= 11 is 0. The van der Waals surface area contributed by atoms with Gasteiger partial charge in [0.2, 0.25) is 0 Å². The molecular formula is C21H22N4O2. The highest BCUT2D eigenvalue weighted by atomic mass is 16.3. The summed E-state index contributed by atoms with van der Waals surface area (Å²) in [6, 6.07) is 13.6. The number of rotatable bonds is 5. The predicted octanol–water partition coefficient (Wildman–Crippen LogP) is 2.13. The van der Waals surface area contributed by atoms with Crippen LogP contribution in [0.25, 0.3) is 11.0 Å². The molecule has 1 aromatic heterocycles. The molecule has 1 amide bonds. The summed E-state index contributed by atoms with van der Waals surface area (Å²) in [6.07, 6.45) is 3.87. The lowest BCUT2D eigenvalue weighted by molar-refractivity contribution is 0.0952. The third-order valence-electron chi connectivity index (χ3n) is 4.87. The molecule has 6 heteroatoms. The van der Waals surface area contributed by atoms with Crippen molar-refractivity contribution in [3.05, 3.63) is 71.5 Å². The molecule has 2 aromatic carbocycles. The van der Waals surface area contributed by atoms with Gasteiger partial charge in [0.25, 0.3) is 5.91 Å². The van der Waals surface area contributed by atoms with Crippen LogP contribution in [0.4, 0.5) is 0 Å². The van der Waals surface area contributed by atoms with E-state index < -0.39 is 0 Å². The Morgan fingerprint density at radius 3 is 2.67 bits per heavy atom. The standard InChI is InChI=1S/C21H22N4O2/c26-17-8-11-25(14-17)13-16-6-4-15(5-7-16)12-24-21(27)18-2-1-3-19-20(18)23-10-9-22-19/h1-7,9-10,17,26H,8,11-14H2,(H,24,27). The van der Waals surface area contributed by atoms with Crippen LogP contribution in [0.3, 0.4) is 0 Å². The third kappa shape index (κ3) is 4.13. The number of hydrogen-bond acceptors (Lipinski definition) is 5. The smallest absolute Gasteiger partial charge is 0.253 e. The molecular weight excluding hydrogens is 340 g/mol. The van der Waals surface area contributed by atoms with Gasteiger partial charge in [-0.3, -0.25) is 19.7 Å². The summed E-state index contributed by atoms with van der Waals surface area (Å²) in [5.41, 5.74) is 4.11. The molecule has 0 bridgehead atoms. The number of aromatic nitrogens is 2. The highest BCUT2D eigenvalue weighted by Gasteiger charge is 2.19. The Balaban J connectivity index is 1.37. The molecule has 2 N–H and O–H groups in total. The average molecular weight is 362 g/mol. The number of nitrogens with zero attached hydrogens (tertiary/aromatic N) is 3. The maximum absolute atomic E-state index is 12.6. The number of nitrogens with one attached hydrogen (secondary N) is 1. The SMILES string of the molecule is O=C(NCc1ccc(CN2CCC(O)C2)cc1)c1cccc2nccnc12. The zero-order chi connectivity index (χ0) is 18.6. The van der Waals surface area contributed by atoms with Crippen molar-refractivity contribution in [2.45, 2.75) is 25.6 Å². The van der Waals surface area contributed by atoms with E-state index in [-0.39, 0.29) is 12.0 Å². The number of hydrogen-bond donors (Lipinski definition) is 2. The van der Waals surface area contributed by atoms with Gasteiger partial charge < -0.3 is 10.4 Å². The maximum Gasteiger partial charge on any atom is 0.253 e. The number of carbonyl (C=O) groups is 1. The van der Waals surface area contributed by atoms with E-state index in [1.165, 1.54) is 5.56 Å². The molecule has 0 aliphatic carbocycles. The summed E-state index contributed by atoms with van der Waals surface area (Å²) in [7, 11) is 0. The van der Waals surface area contributed by atoms with Crippen LogP contribution < -0.4 is 5.32 Å². The van der Waals surface area contributed by atoms with Crippen LogP contribution in [0.5, 0.6) is 0 Å². The lowest BCUT2D eigenvalue weighted by atomic mass is 10.1. The van der Waals surface area contributed by atoms with Crippen molar-refractivity contribution >= 4 is 16.9 Å². The molecule has 0 radical (unpaired) electrons. The highest BCUT2D eigenvalue weighted by Crippen LogP contribution is 2.15. The first kappa shape index (κ1) is 17.6. The van der Waals surface area contributed by atoms with E-state index in [1.807, 2.05) is 24.3 Å². The van der Waals surface area contributed by atoms with Crippen molar-refractivity contribution in [2.75, 3.05) is 13.1 Å². The van der Waals surface area contributed by atoms with Gasteiger partial charge in [-0.2, -0.15) is 0 Å². The lowest BCUT2D eigenvalue weighted by Crippen LogP contribution is -2.23. The van der Waals surface area contributed by atoms with E-state index in [4.69, 9.17) is 0 Å². The highest BCUT2D eigenvalue weighted by molar-refractivity contribution is 6.04. The molecule has 2 heterocycles. The Kier molecular flexibility index (Phi) is 5.09. The normalized spacial score (nSPS) is 17.3. The Labute approximate surface area is 157 Å². The lowest BCUT2D eigenvalue weighted by Gasteiger charge is -2.15. The van der Waals surface area contributed by atoms with Gasteiger partial charge in [0.15, 0.2) is 0 Å². The summed E-state index contributed by atoms with van der Waals surface area (Å²) < 4.78 is 0. The Bertz CT molecular complexity index is 937. The van der Waals surface area contributed by atoms with Crippen LogP contribution in [-0.2, 0) is 13.1 Å². The van der Waals surface area contributed by atoms with E-state index in [0.29, 0.717) is 23.1 Å². The maximum atomic E-state index is 12.6. The summed E-state index contributed by atoms with van der Waals surface area (Å²) in [5, 5.41) is 12.6. The second-order valence-corrected chi connectivity index (χ2v) is 6.91. The van der Waals surface area contributed by atoms with Crippen LogP contribution in [0.1, 0.15) is 27.9 Å². The second kappa shape index (κ2) is 7.82. The first-order valence-electron chi connectivity index (χ1n) is 9.15. The van der Waals surface area contributed by atoms with Crippen LogP contribution in [0.15, 0.2) is 54.9 Å². The molecule has 1 unspecified atom stereocenters. The summed E-state index contributed by atoms with van der Waals surface area (Å²) in [6.45, 7) is 2.98. The van der Waals surface area contributed by atoms with Gasteiger partial charge in [0, 0.05) is 38.6 Å². The molecule has 0 saturated carbocycles. The van der Waals surface area contributed by atoms with Crippen molar-refractivity contribution in [3.63, 3.8) is 0 Å². The minimum atomic E-state index is -0.196. The number of para-hydroxylation sites is 1. The molecule has 1 fully saturated rings. The quantitative estimate of drug-likeness (QED) is 0.727. The van der Waals surface area contributed by atoms with E-state index in [2.05, 4.69) is 32.3 Å². The number of likely N-dealkylation sites (tertiary alicyclic amines) is 1. The van der Waals surface area contributed by atoms with Crippen LogP contribution in [0.2, 0.25) is 0 Å². The van der Waals surface area contributed by atoms with Gasteiger partial charge in [0.05, 0.1) is 17.2 Å². The zero-order valence-corrected chi connectivity index (χ0v) is 15.0. The van der Waals surface area contributed by atoms with Crippen molar-refractivity contribution in [1.82, 2.24) is 20.2 Å². The van der Waals surface area contributed by atoms with Gasteiger partial charge in [-0.1, -0.05) is 30.3 Å². The van der Waals surface area contributed by atoms with Crippen molar-refractivity contribution < 1.29 is 9.90 Å². The van der Waals surface area contributed by atoms with Gasteiger partial charge in [0.1, 0.15) is 5.52 Å². The molecule has 1 aliphatic heterocycles. The monoisotopic (exact) mass is 362 g/mol. The largest absolute Gasteiger partial charge is 0.392 e. The molecule has 4 rings (SSSR count). The van der Waals surface area contributed by atoms with Crippen molar-refractivity contribution in [2.24, 2.45) is 0 Å². The van der Waals surface area contributed by atoms with Crippen molar-refractivity contribution in [1.29, 1.82) is 0 Å². The predicted molar refractivity (Wildman–Crippen MR) is 103 cm³/mol. The van der Waals surface area contributed by atoms with E-state index in [9.17, 15) is 9.90 Å². The molecule has 27 heavy (non-hydrogen) atoms. The van der Waals surface area contributed by atoms with E-state index >= 15 is 0 Å². The second-order valence-electron chi connectivity index (χ2n) is 6.91. The number of fused-ring (bicyclic) bond motifs is 1. The minimum Gasteiger partial charge on any atom is -0.392 e. The topological polar surface area (TPSA) is 78.4 Å². The average Bonchev–Trinajstić information content (AvgIpc) is 3.11. The van der Waals surface area contributed by atoms with E-state index in [1.54, 1.807) is 18.5 Å². The molecule has 3 aromatic rings. The number of aliphatic hydroxyl groups excluding tert-OH is 1. The Morgan fingerprint density at radius 1 is 1.11 bits per heavy atom. The first-order valence-corrected chi connectivity index (χ1v) is 9.15. The number of β-amino-alcohol motifs (C(OH)–C–C–N with tert-alkyl or cyclic N) is 1.